The largest absolute Gasteiger partial charge is 0.311 e. The van der Waals surface area contributed by atoms with Crippen LogP contribution in [-0.2, 0) is 17.8 Å². The number of likely N-dealkylation sites (tertiary alicyclic amines) is 1. The molecule has 0 spiro atoms. The van der Waals surface area contributed by atoms with Gasteiger partial charge in [-0.05, 0) is 75.4 Å². The van der Waals surface area contributed by atoms with Gasteiger partial charge in [-0.25, -0.2) is 9.37 Å². The summed E-state index contributed by atoms with van der Waals surface area (Å²) in [6.07, 6.45) is 3.89. The van der Waals surface area contributed by atoms with Gasteiger partial charge in [0.1, 0.15) is 11.6 Å². The Balaban J connectivity index is 1.21. The van der Waals surface area contributed by atoms with Gasteiger partial charge in [0.05, 0.1) is 17.4 Å². The Morgan fingerprint density at radius 1 is 1.12 bits per heavy atom. The Morgan fingerprint density at radius 3 is 2.73 bits per heavy atom. The average molecular weight is 449 g/mol. The van der Waals surface area contributed by atoms with Crippen LogP contribution in [0.3, 0.4) is 0 Å². The highest BCUT2D eigenvalue weighted by Crippen LogP contribution is 2.27. The molecule has 0 aliphatic carbocycles. The van der Waals surface area contributed by atoms with E-state index in [1.54, 1.807) is 11.5 Å². The van der Waals surface area contributed by atoms with E-state index in [-0.39, 0.29) is 17.3 Å². The Labute approximate surface area is 192 Å². The van der Waals surface area contributed by atoms with Crippen molar-refractivity contribution >= 4 is 22.5 Å². The molecule has 1 aromatic heterocycles. The highest BCUT2D eigenvalue weighted by Gasteiger charge is 2.27. The standard InChI is InChI=1S/C26H29FN4O2/c1-18-28-23-15-21(27)8-9-22(23)26(33)31(18)16-19-10-13-29(14-11-19)17-25(32)30-12-4-6-20-5-2-3-7-24(20)30/h2-3,5,7-9,15,19H,4,6,10-14,16-17H2,1H3. The molecule has 0 saturated carbocycles. The number of carbonyl (C=O) groups excluding carboxylic acids is 1. The normalized spacial score (nSPS) is 17.3. The zero-order chi connectivity index (χ0) is 22.9. The van der Waals surface area contributed by atoms with Crippen LogP contribution >= 0.6 is 0 Å². The van der Waals surface area contributed by atoms with Crippen LogP contribution in [0.2, 0.25) is 0 Å². The van der Waals surface area contributed by atoms with Crippen LogP contribution < -0.4 is 10.5 Å². The Bertz CT molecular complexity index is 1250. The molecule has 2 aromatic carbocycles. The molecule has 2 aliphatic rings. The highest BCUT2D eigenvalue weighted by atomic mass is 19.1. The second kappa shape index (κ2) is 9.06. The van der Waals surface area contributed by atoms with Crippen molar-refractivity contribution < 1.29 is 9.18 Å². The summed E-state index contributed by atoms with van der Waals surface area (Å²) in [5, 5.41) is 0.451. The number of para-hydroxylation sites is 1. The molecule has 0 atom stereocenters. The van der Waals surface area contributed by atoms with Crippen molar-refractivity contribution in [3.05, 3.63) is 70.0 Å². The summed E-state index contributed by atoms with van der Waals surface area (Å²) >= 11 is 0. The first-order valence-electron chi connectivity index (χ1n) is 11.8. The van der Waals surface area contributed by atoms with E-state index in [2.05, 4.69) is 16.0 Å². The van der Waals surface area contributed by atoms with Gasteiger partial charge in [-0.1, -0.05) is 18.2 Å². The number of rotatable bonds is 4. The van der Waals surface area contributed by atoms with Crippen LogP contribution in [0.15, 0.2) is 47.3 Å². The molecule has 0 radical (unpaired) electrons. The molecule has 0 N–H and O–H groups in total. The number of carbonyl (C=O) groups is 1. The quantitative estimate of drug-likeness (QED) is 0.613. The summed E-state index contributed by atoms with van der Waals surface area (Å²) < 4.78 is 15.2. The summed E-state index contributed by atoms with van der Waals surface area (Å²) in [4.78, 5) is 34.6. The summed E-state index contributed by atoms with van der Waals surface area (Å²) in [5.41, 5.74) is 2.60. The molecule has 33 heavy (non-hydrogen) atoms. The maximum absolute atomic E-state index is 13.5. The van der Waals surface area contributed by atoms with Gasteiger partial charge in [0.15, 0.2) is 0 Å². The van der Waals surface area contributed by atoms with Gasteiger partial charge >= 0.3 is 0 Å². The molecule has 3 aromatic rings. The van der Waals surface area contributed by atoms with Crippen LogP contribution in [0, 0.1) is 18.7 Å². The van der Waals surface area contributed by atoms with Crippen molar-refractivity contribution in [2.75, 3.05) is 31.1 Å². The van der Waals surface area contributed by atoms with Crippen LogP contribution in [-0.4, -0.2) is 46.5 Å². The fourth-order valence-electron chi connectivity index (χ4n) is 5.17. The van der Waals surface area contributed by atoms with E-state index in [1.165, 1.54) is 23.8 Å². The van der Waals surface area contributed by atoms with Gasteiger partial charge in [0.25, 0.3) is 5.56 Å². The lowest BCUT2D eigenvalue weighted by Crippen LogP contribution is -2.45. The minimum atomic E-state index is -0.387. The number of benzene rings is 2. The van der Waals surface area contributed by atoms with Crippen molar-refractivity contribution in [3.63, 3.8) is 0 Å². The van der Waals surface area contributed by atoms with E-state index >= 15 is 0 Å². The van der Waals surface area contributed by atoms with Crippen molar-refractivity contribution in [3.8, 4) is 0 Å². The molecule has 6 nitrogen and oxygen atoms in total. The van der Waals surface area contributed by atoms with E-state index in [1.807, 2.05) is 23.1 Å². The summed E-state index contributed by atoms with van der Waals surface area (Å²) in [6.45, 7) is 5.30. The number of amides is 1. The zero-order valence-corrected chi connectivity index (χ0v) is 19.0. The van der Waals surface area contributed by atoms with E-state index < -0.39 is 0 Å². The number of aromatic nitrogens is 2. The Kier molecular flexibility index (Phi) is 5.98. The SMILES string of the molecule is Cc1nc2cc(F)ccc2c(=O)n1CC1CCN(CC(=O)N2CCCc3ccccc32)CC1. The number of nitrogens with zero attached hydrogens (tertiary/aromatic N) is 4. The topological polar surface area (TPSA) is 58.4 Å². The number of aryl methyl sites for hydroxylation is 2. The average Bonchev–Trinajstić information content (AvgIpc) is 2.82. The Hall–Kier alpha value is -3.06. The molecular formula is C26H29FN4O2. The number of fused-ring (bicyclic) bond motifs is 2. The fraction of sp³-hybridized carbons (Fsp3) is 0.423. The molecule has 172 valence electrons. The third-order valence-corrected chi connectivity index (χ3v) is 7.03. The van der Waals surface area contributed by atoms with E-state index in [4.69, 9.17) is 0 Å². The lowest BCUT2D eigenvalue weighted by molar-refractivity contribution is -0.120. The van der Waals surface area contributed by atoms with Crippen LogP contribution in [0.4, 0.5) is 10.1 Å². The van der Waals surface area contributed by atoms with Gasteiger partial charge in [0.2, 0.25) is 5.91 Å². The van der Waals surface area contributed by atoms with Gasteiger partial charge in [0, 0.05) is 24.8 Å². The van der Waals surface area contributed by atoms with E-state index in [0.717, 1.165) is 51.0 Å². The van der Waals surface area contributed by atoms with Gasteiger partial charge < -0.3 is 4.90 Å². The predicted molar refractivity (Wildman–Crippen MR) is 127 cm³/mol. The summed E-state index contributed by atoms with van der Waals surface area (Å²) in [6, 6.07) is 12.3. The number of piperidine rings is 1. The lowest BCUT2D eigenvalue weighted by atomic mass is 9.96. The maximum Gasteiger partial charge on any atom is 0.261 e. The number of hydrogen-bond donors (Lipinski definition) is 0. The Morgan fingerprint density at radius 2 is 1.91 bits per heavy atom. The molecule has 2 aliphatic heterocycles. The molecule has 3 heterocycles. The van der Waals surface area contributed by atoms with Gasteiger partial charge in [-0.2, -0.15) is 0 Å². The monoisotopic (exact) mass is 448 g/mol. The van der Waals surface area contributed by atoms with Crippen molar-refractivity contribution in [2.45, 2.75) is 39.2 Å². The molecule has 0 bridgehead atoms. The van der Waals surface area contributed by atoms with Crippen molar-refractivity contribution in [1.29, 1.82) is 0 Å². The van der Waals surface area contributed by atoms with Crippen molar-refractivity contribution in [1.82, 2.24) is 14.5 Å². The summed E-state index contributed by atoms with van der Waals surface area (Å²) in [7, 11) is 0. The highest BCUT2D eigenvalue weighted by molar-refractivity contribution is 5.96. The minimum Gasteiger partial charge on any atom is -0.311 e. The maximum atomic E-state index is 13.5. The number of hydrogen-bond acceptors (Lipinski definition) is 4. The third-order valence-electron chi connectivity index (χ3n) is 7.03. The molecule has 7 heteroatoms. The van der Waals surface area contributed by atoms with Crippen molar-refractivity contribution in [2.24, 2.45) is 5.92 Å². The fourth-order valence-corrected chi connectivity index (χ4v) is 5.17. The second-order valence-electron chi connectivity index (χ2n) is 9.23. The van der Waals surface area contributed by atoms with Crippen LogP contribution in [0.25, 0.3) is 10.9 Å². The number of halogens is 1. The molecule has 1 fully saturated rings. The number of anilines is 1. The summed E-state index contributed by atoms with van der Waals surface area (Å²) in [5.74, 6) is 0.739. The van der Waals surface area contributed by atoms with E-state index in [9.17, 15) is 14.0 Å². The van der Waals surface area contributed by atoms with Crippen LogP contribution in [0.1, 0.15) is 30.7 Å². The first-order valence-corrected chi connectivity index (χ1v) is 11.8. The van der Waals surface area contributed by atoms with Gasteiger partial charge in [-0.15, -0.1) is 0 Å². The predicted octanol–water partition coefficient (Wildman–Crippen LogP) is 3.54. The zero-order valence-electron chi connectivity index (χ0n) is 19.0. The smallest absolute Gasteiger partial charge is 0.261 e. The van der Waals surface area contributed by atoms with Crippen LogP contribution in [0.5, 0.6) is 0 Å². The second-order valence-corrected chi connectivity index (χ2v) is 9.23. The molecule has 5 rings (SSSR count). The third kappa shape index (κ3) is 4.42. The minimum absolute atomic E-state index is 0.112. The first kappa shape index (κ1) is 21.8. The molecule has 1 amide bonds. The van der Waals surface area contributed by atoms with E-state index in [0.29, 0.717) is 35.7 Å². The first-order chi connectivity index (χ1) is 16.0. The molecule has 0 unspecified atom stereocenters. The van der Waals surface area contributed by atoms with Gasteiger partial charge in [-0.3, -0.25) is 19.1 Å². The molecular weight excluding hydrogens is 419 g/mol. The lowest BCUT2D eigenvalue weighted by Gasteiger charge is -2.35. The molecule has 1 saturated heterocycles.